The van der Waals surface area contributed by atoms with Crippen molar-refractivity contribution in [3.05, 3.63) is 0 Å². The lowest BCUT2D eigenvalue weighted by Crippen LogP contribution is -2.52. The lowest BCUT2D eigenvalue weighted by Gasteiger charge is -2.25. The summed E-state index contributed by atoms with van der Waals surface area (Å²) < 4.78 is 21.3. The van der Waals surface area contributed by atoms with Crippen molar-refractivity contribution in [2.45, 2.75) is 59.0 Å². The van der Waals surface area contributed by atoms with Crippen molar-refractivity contribution in [1.29, 1.82) is 0 Å². The zero-order chi connectivity index (χ0) is 33.1. The SMILES string of the molecule is C#CCOCCOCCOCCOCCC(=O)N1C[C@@H](C(=O)N[C@H](C(=O)O)[C@@H](C)CC)[C@H](C(=O)N[C@H](C(=O)O)[C@@H](C)CC)C1. The molecule has 0 unspecified atom stereocenters. The summed E-state index contributed by atoms with van der Waals surface area (Å²) in [5.74, 6) is -4.64. The summed E-state index contributed by atoms with van der Waals surface area (Å²) in [6, 6.07) is -2.36. The third kappa shape index (κ3) is 13.6. The molecule has 0 aromatic heterocycles. The molecule has 0 aromatic carbocycles. The van der Waals surface area contributed by atoms with Gasteiger partial charge in [0.05, 0.1) is 64.5 Å². The van der Waals surface area contributed by atoms with Gasteiger partial charge in [-0.25, -0.2) is 9.59 Å². The standard InChI is InChI=1S/C30H49N3O11/c1-6-10-41-12-14-43-16-17-44-15-13-42-11-9-24(34)33-18-22(27(35)31-25(29(37)38)20(4)7-2)23(19-33)28(36)32-26(30(39)40)21(5)8-3/h1,20-23,25-26H,7-19H2,2-5H3,(H,31,35)(H,32,36)(H,37,38)(H,39,40)/t20-,21-,22+,23+,25-,26-/m0/s1. The number of likely N-dealkylation sites (tertiary alicyclic amines) is 1. The smallest absolute Gasteiger partial charge is 0.326 e. The van der Waals surface area contributed by atoms with E-state index in [9.17, 15) is 34.2 Å². The zero-order valence-corrected chi connectivity index (χ0v) is 26.2. The van der Waals surface area contributed by atoms with Gasteiger partial charge in [-0.05, 0) is 11.8 Å². The lowest BCUT2D eigenvalue weighted by molar-refractivity contribution is -0.146. The van der Waals surface area contributed by atoms with Gasteiger partial charge < -0.3 is 44.7 Å². The summed E-state index contributed by atoms with van der Waals surface area (Å²) in [5.41, 5.74) is 0. The van der Waals surface area contributed by atoms with Crippen LogP contribution >= 0.6 is 0 Å². The first-order chi connectivity index (χ1) is 21.0. The Morgan fingerprint density at radius 3 is 1.50 bits per heavy atom. The lowest BCUT2D eigenvalue weighted by atomic mass is 9.91. The van der Waals surface area contributed by atoms with Crippen LogP contribution < -0.4 is 10.6 Å². The van der Waals surface area contributed by atoms with Crippen LogP contribution in [0.25, 0.3) is 0 Å². The number of hydrogen-bond donors (Lipinski definition) is 4. The maximum Gasteiger partial charge on any atom is 0.326 e. The normalized spacial score (nSPS) is 18.9. The number of terminal acetylenes is 1. The minimum Gasteiger partial charge on any atom is -0.480 e. The van der Waals surface area contributed by atoms with Gasteiger partial charge in [0.15, 0.2) is 0 Å². The van der Waals surface area contributed by atoms with Crippen LogP contribution in [0.4, 0.5) is 0 Å². The Kier molecular flexibility index (Phi) is 18.9. The van der Waals surface area contributed by atoms with E-state index in [1.54, 1.807) is 27.7 Å². The second-order valence-corrected chi connectivity index (χ2v) is 10.8. The van der Waals surface area contributed by atoms with E-state index in [2.05, 4.69) is 16.6 Å². The van der Waals surface area contributed by atoms with Crippen molar-refractivity contribution in [2.75, 3.05) is 65.9 Å². The Bertz CT molecular complexity index is 920. The first-order valence-electron chi connectivity index (χ1n) is 15.1. The van der Waals surface area contributed by atoms with Crippen molar-refractivity contribution in [2.24, 2.45) is 23.7 Å². The molecule has 1 aliphatic heterocycles. The quantitative estimate of drug-likeness (QED) is 0.0905. The molecule has 3 amide bonds. The molecule has 0 bridgehead atoms. The Balaban J connectivity index is 2.71. The molecule has 6 atom stereocenters. The van der Waals surface area contributed by atoms with Gasteiger partial charge in [-0.3, -0.25) is 14.4 Å². The molecule has 44 heavy (non-hydrogen) atoms. The molecule has 0 saturated carbocycles. The Labute approximate surface area is 259 Å². The highest BCUT2D eigenvalue weighted by Gasteiger charge is 2.45. The minimum absolute atomic E-state index is 0.0152. The second-order valence-electron chi connectivity index (χ2n) is 10.8. The Morgan fingerprint density at radius 1 is 0.750 bits per heavy atom. The molecule has 250 valence electrons. The number of rotatable bonds is 23. The van der Waals surface area contributed by atoms with Gasteiger partial charge >= 0.3 is 11.9 Å². The molecule has 14 heteroatoms. The average Bonchev–Trinajstić information content (AvgIpc) is 3.45. The summed E-state index contributed by atoms with van der Waals surface area (Å²) in [7, 11) is 0. The number of nitrogens with zero attached hydrogens (tertiary/aromatic N) is 1. The van der Waals surface area contributed by atoms with Crippen molar-refractivity contribution >= 4 is 29.7 Å². The number of amides is 3. The molecule has 0 aliphatic carbocycles. The number of carboxylic acid groups (broad SMARTS) is 2. The van der Waals surface area contributed by atoms with Gasteiger partial charge in [0.25, 0.3) is 0 Å². The molecule has 1 rings (SSSR count). The minimum atomic E-state index is -1.21. The summed E-state index contributed by atoms with van der Waals surface area (Å²) in [5, 5.41) is 24.3. The second kappa shape index (κ2) is 21.5. The molecular formula is C30H49N3O11. The first kappa shape index (κ1) is 38.8. The number of carbonyl (C=O) groups excluding carboxylic acids is 3. The molecule has 1 aliphatic rings. The molecule has 0 spiro atoms. The predicted octanol–water partition coefficient (Wildman–Crippen LogP) is 0.382. The first-order valence-corrected chi connectivity index (χ1v) is 15.1. The van der Waals surface area contributed by atoms with E-state index in [1.807, 2.05) is 0 Å². The summed E-state index contributed by atoms with van der Waals surface area (Å²) >= 11 is 0. The topological polar surface area (TPSA) is 190 Å². The largest absolute Gasteiger partial charge is 0.480 e. The number of hydrogen-bond acceptors (Lipinski definition) is 9. The molecule has 0 radical (unpaired) electrons. The van der Waals surface area contributed by atoms with Gasteiger partial charge in [-0.15, -0.1) is 6.42 Å². The number of carboxylic acids is 2. The van der Waals surface area contributed by atoms with Crippen LogP contribution in [0.15, 0.2) is 0 Å². The molecule has 1 saturated heterocycles. The van der Waals surface area contributed by atoms with E-state index in [0.717, 1.165) is 0 Å². The third-order valence-electron chi connectivity index (χ3n) is 7.66. The number of ether oxygens (including phenoxy) is 4. The average molecular weight is 628 g/mol. The van der Waals surface area contributed by atoms with Crippen LogP contribution in [-0.2, 0) is 42.9 Å². The van der Waals surface area contributed by atoms with E-state index < -0.39 is 47.7 Å². The van der Waals surface area contributed by atoms with Crippen molar-refractivity contribution in [1.82, 2.24) is 15.5 Å². The monoisotopic (exact) mass is 627 g/mol. The van der Waals surface area contributed by atoms with Crippen LogP contribution in [-0.4, -0.2) is 123 Å². The maximum absolute atomic E-state index is 13.3. The Hall–Kier alpha value is -3.25. The summed E-state index contributed by atoms with van der Waals surface area (Å²) in [6.45, 7) is 9.14. The fraction of sp³-hybridized carbons (Fsp3) is 0.767. The highest BCUT2D eigenvalue weighted by molar-refractivity contribution is 5.93. The summed E-state index contributed by atoms with van der Waals surface area (Å²) in [6.07, 6.45) is 6.05. The highest BCUT2D eigenvalue weighted by Crippen LogP contribution is 2.26. The van der Waals surface area contributed by atoms with E-state index in [4.69, 9.17) is 25.4 Å². The van der Waals surface area contributed by atoms with Crippen LogP contribution in [0.3, 0.4) is 0 Å². The molecule has 14 nitrogen and oxygen atoms in total. The molecule has 0 aromatic rings. The zero-order valence-electron chi connectivity index (χ0n) is 26.2. The van der Waals surface area contributed by atoms with Crippen molar-refractivity contribution in [3.63, 3.8) is 0 Å². The van der Waals surface area contributed by atoms with Gasteiger partial charge in [-0.2, -0.15) is 0 Å². The fourth-order valence-corrected chi connectivity index (χ4v) is 4.53. The number of aliphatic carboxylic acids is 2. The fourth-order valence-electron chi connectivity index (χ4n) is 4.53. The predicted molar refractivity (Wildman–Crippen MR) is 158 cm³/mol. The van der Waals surface area contributed by atoms with E-state index in [1.165, 1.54) is 4.90 Å². The molecule has 1 heterocycles. The van der Waals surface area contributed by atoms with Gasteiger partial charge in [0, 0.05) is 13.1 Å². The number of carbonyl (C=O) groups is 5. The highest BCUT2D eigenvalue weighted by atomic mass is 16.6. The van der Waals surface area contributed by atoms with Gasteiger partial charge in [0.2, 0.25) is 17.7 Å². The van der Waals surface area contributed by atoms with Crippen LogP contribution in [0, 0.1) is 36.0 Å². The van der Waals surface area contributed by atoms with Crippen molar-refractivity contribution in [3.8, 4) is 12.3 Å². The van der Waals surface area contributed by atoms with Crippen LogP contribution in [0.1, 0.15) is 47.0 Å². The Morgan fingerprint density at radius 2 is 1.14 bits per heavy atom. The van der Waals surface area contributed by atoms with Gasteiger partial charge in [0.1, 0.15) is 18.7 Å². The maximum atomic E-state index is 13.3. The van der Waals surface area contributed by atoms with Gasteiger partial charge in [-0.1, -0.05) is 46.5 Å². The molecule has 1 fully saturated rings. The molecular weight excluding hydrogens is 578 g/mol. The van der Waals surface area contributed by atoms with E-state index in [0.29, 0.717) is 45.9 Å². The number of nitrogens with one attached hydrogen (secondary N) is 2. The summed E-state index contributed by atoms with van der Waals surface area (Å²) in [4.78, 5) is 64.5. The van der Waals surface area contributed by atoms with E-state index in [-0.39, 0.29) is 57.1 Å². The van der Waals surface area contributed by atoms with E-state index >= 15 is 0 Å². The van der Waals surface area contributed by atoms with Crippen LogP contribution in [0.5, 0.6) is 0 Å². The van der Waals surface area contributed by atoms with Crippen molar-refractivity contribution < 1.29 is 53.1 Å². The third-order valence-corrected chi connectivity index (χ3v) is 7.66. The molecule has 4 N–H and O–H groups in total. The van der Waals surface area contributed by atoms with Crippen LogP contribution in [0.2, 0.25) is 0 Å².